The third kappa shape index (κ3) is 4.13. The van der Waals surface area contributed by atoms with E-state index in [1.807, 2.05) is 0 Å². The molecule has 1 fully saturated rings. The van der Waals surface area contributed by atoms with Crippen LogP contribution in [0.3, 0.4) is 0 Å². The number of fused-ring (bicyclic) bond motifs is 2. The van der Waals surface area contributed by atoms with Crippen LogP contribution in [0.15, 0.2) is 77.9 Å². The average Bonchev–Trinajstić information content (AvgIpc) is 2.90. The molecule has 0 spiro atoms. The predicted octanol–water partition coefficient (Wildman–Crippen LogP) is 8.72. The third-order valence-corrected chi connectivity index (χ3v) is 7.34. The average molecular weight is 389 g/mol. The molecule has 1 saturated carbocycles. The van der Waals surface area contributed by atoms with Gasteiger partial charge < -0.3 is 0 Å². The highest BCUT2D eigenvalue weighted by molar-refractivity contribution is 5.78. The molecule has 2 aliphatic rings. The van der Waals surface area contributed by atoms with Gasteiger partial charge in [-0.05, 0) is 76.0 Å². The fourth-order valence-electron chi connectivity index (χ4n) is 4.36. The Balaban J connectivity index is 0.00000300. The van der Waals surface area contributed by atoms with Crippen LogP contribution in [0, 0.1) is 29.6 Å². The Hall–Kier alpha value is -2.08. The molecule has 156 valence electrons. The van der Waals surface area contributed by atoms with E-state index in [1.165, 1.54) is 39.0 Å². The number of hydrogen-bond acceptors (Lipinski definition) is 0. The second-order valence-corrected chi connectivity index (χ2v) is 10.3. The Morgan fingerprint density at radius 1 is 1.07 bits per heavy atom. The van der Waals surface area contributed by atoms with Crippen molar-refractivity contribution in [3.05, 3.63) is 89.1 Å². The van der Waals surface area contributed by atoms with E-state index in [2.05, 4.69) is 104 Å². The molecule has 3 rings (SSSR count). The van der Waals surface area contributed by atoms with E-state index < -0.39 is 0 Å². The van der Waals surface area contributed by atoms with Gasteiger partial charge in [-0.25, -0.2) is 0 Å². The molecule has 0 heterocycles. The molecule has 1 aromatic rings. The zero-order valence-electron chi connectivity index (χ0n) is 18.8. The van der Waals surface area contributed by atoms with Crippen molar-refractivity contribution in [3.63, 3.8) is 0 Å². The van der Waals surface area contributed by atoms with Gasteiger partial charge in [-0.1, -0.05) is 97.7 Å². The lowest BCUT2D eigenvalue weighted by atomic mass is 9.68. The molecule has 0 aliphatic heterocycles. The largest absolute Gasteiger partial charge is 0.0952 e. The first-order valence-electron chi connectivity index (χ1n) is 10.5. The monoisotopic (exact) mass is 388 g/mol. The summed E-state index contributed by atoms with van der Waals surface area (Å²) in [6.45, 7) is 25.0. The number of allylic oxidation sites excluding steroid dienone is 8. The number of rotatable bonds is 4. The molecule has 0 saturated heterocycles. The molecule has 29 heavy (non-hydrogen) atoms. The van der Waals surface area contributed by atoms with Gasteiger partial charge in [0.1, 0.15) is 0 Å². The molecule has 0 N–H and O–H groups in total. The summed E-state index contributed by atoms with van der Waals surface area (Å²) in [6, 6.07) is 8.75. The van der Waals surface area contributed by atoms with E-state index in [4.69, 9.17) is 0 Å². The van der Waals surface area contributed by atoms with Crippen LogP contribution in [0.5, 0.6) is 0 Å². The lowest BCUT2D eigenvalue weighted by Crippen LogP contribution is -2.27. The van der Waals surface area contributed by atoms with Crippen LogP contribution in [0.1, 0.15) is 66.5 Å². The van der Waals surface area contributed by atoms with Gasteiger partial charge >= 0.3 is 0 Å². The molecule has 0 aromatic heterocycles. The molecule has 0 nitrogen and oxygen atoms in total. The molecule has 0 heteroatoms. The minimum atomic E-state index is 0. The Labute approximate surface area is 179 Å². The summed E-state index contributed by atoms with van der Waals surface area (Å²) in [4.78, 5) is 0. The Morgan fingerprint density at radius 2 is 1.69 bits per heavy atom. The summed E-state index contributed by atoms with van der Waals surface area (Å²) in [5.41, 5.74) is 9.75. The van der Waals surface area contributed by atoms with Crippen molar-refractivity contribution in [1.29, 1.82) is 0 Å². The zero-order valence-corrected chi connectivity index (χ0v) is 18.8. The van der Waals surface area contributed by atoms with Gasteiger partial charge in [0.25, 0.3) is 0 Å². The second kappa shape index (κ2) is 7.98. The Kier molecular flexibility index (Phi) is 6.38. The van der Waals surface area contributed by atoms with Crippen LogP contribution in [-0.4, -0.2) is 0 Å². The van der Waals surface area contributed by atoms with Crippen LogP contribution in [0.25, 0.3) is 5.57 Å². The standard InChI is InChI=1S/C28H36.CH4/c1-18-12-10-11-13-22(18)24-16-20(3)23-17-25(24)26(21(23)4)19(2)14-15-28(8,9)27(5,6)7;/h10-16,25-26H,2,4,17H2,1,3,5-9H3;1H4/b15-14-;. The topological polar surface area (TPSA) is 0 Å². The predicted molar refractivity (Wildman–Crippen MR) is 131 cm³/mol. The molecule has 2 aliphatic carbocycles. The molecule has 0 radical (unpaired) electrons. The van der Waals surface area contributed by atoms with Gasteiger partial charge in [0.05, 0.1) is 0 Å². The number of benzene rings is 1. The van der Waals surface area contributed by atoms with Gasteiger partial charge in [-0.2, -0.15) is 0 Å². The van der Waals surface area contributed by atoms with Crippen LogP contribution < -0.4 is 0 Å². The molecule has 2 atom stereocenters. The van der Waals surface area contributed by atoms with E-state index in [1.54, 1.807) is 0 Å². The van der Waals surface area contributed by atoms with Crippen molar-refractivity contribution in [1.82, 2.24) is 0 Å². The molecular weight excluding hydrogens is 348 g/mol. The summed E-state index contributed by atoms with van der Waals surface area (Å²) in [5.74, 6) is 0.743. The van der Waals surface area contributed by atoms with Crippen molar-refractivity contribution in [3.8, 4) is 0 Å². The van der Waals surface area contributed by atoms with Gasteiger partial charge in [-0.3, -0.25) is 0 Å². The molecular formula is C29H40. The van der Waals surface area contributed by atoms with Gasteiger partial charge in [-0.15, -0.1) is 0 Å². The first-order chi connectivity index (χ1) is 12.9. The zero-order chi connectivity index (χ0) is 20.9. The normalized spacial score (nSPS) is 22.0. The fraction of sp³-hybridized carbons (Fsp3) is 0.448. The van der Waals surface area contributed by atoms with Crippen LogP contribution >= 0.6 is 0 Å². The molecule has 1 aromatic carbocycles. The van der Waals surface area contributed by atoms with Gasteiger partial charge in [0.15, 0.2) is 0 Å². The van der Waals surface area contributed by atoms with Crippen LogP contribution in [0.2, 0.25) is 0 Å². The summed E-state index contributed by atoms with van der Waals surface area (Å²) in [6.07, 6.45) is 8.11. The summed E-state index contributed by atoms with van der Waals surface area (Å²) >= 11 is 0. The number of aryl methyl sites for hydroxylation is 1. The minimum absolute atomic E-state index is 0. The van der Waals surface area contributed by atoms with Crippen molar-refractivity contribution in [2.45, 2.75) is 62.3 Å². The van der Waals surface area contributed by atoms with Crippen LogP contribution in [0.4, 0.5) is 0 Å². The third-order valence-electron chi connectivity index (χ3n) is 7.34. The Morgan fingerprint density at radius 3 is 2.28 bits per heavy atom. The lowest BCUT2D eigenvalue weighted by molar-refractivity contribution is 0.193. The number of hydrogen-bond donors (Lipinski definition) is 0. The minimum Gasteiger partial charge on any atom is -0.0952 e. The second-order valence-electron chi connectivity index (χ2n) is 10.3. The van der Waals surface area contributed by atoms with Gasteiger partial charge in [0, 0.05) is 5.92 Å². The van der Waals surface area contributed by atoms with Crippen molar-refractivity contribution in [2.75, 3.05) is 0 Å². The van der Waals surface area contributed by atoms with E-state index in [9.17, 15) is 0 Å². The Bertz CT molecular complexity index is 906. The maximum Gasteiger partial charge on any atom is 0.0152 e. The van der Waals surface area contributed by atoms with E-state index in [0.717, 1.165) is 6.42 Å². The van der Waals surface area contributed by atoms with Gasteiger partial charge in [0.2, 0.25) is 0 Å². The molecule has 2 unspecified atom stereocenters. The highest BCUT2D eigenvalue weighted by Crippen LogP contribution is 2.54. The van der Waals surface area contributed by atoms with Crippen molar-refractivity contribution < 1.29 is 0 Å². The maximum absolute atomic E-state index is 4.51. The van der Waals surface area contributed by atoms with Crippen molar-refractivity contribution >= 4 is 5.57 Å². The smallest absolute Gasteiger partial charge is 0.0152 e. The fourth-order valence-corrected chi connectivity index (χ4v) is 4.36. The van der Waals surface area contributed by atoms with Crippen molar-refractivity contribution in [2.24, 2.45) is 22.7 Å². The van der Waals surface area contributed by atoms with Crippen LogP contribution in [-0.2, 0) is 0 Å². The SMILES string of the molecule is C.C=C(/C=C\C(C)(C)C(C)(C)C)C1C(=C)C2=C(C)C=C(c3ccccc3C)C1C2. The quantitative estimate of drug-likeness (QED) is 0.452. The van der Waals surface area contributed by atoms with E-state index in [0.29, 0.717) is 11.8 Å². The first kappa shape index (κ1) is 23.2. The maximum atomic E-state index is 4.51. The van der Waals surface area contributed by atoms with E-state index >= 15 is 0 Å². The molecule has 2 bridgehead atoms. The van der Waals surface area contributed by atoms with E-state index in [-0.39, 0.29) is 18.3 Å². The molecule has 0 amide bonds. The first-order valence-corrected chi connectivity index (χ1v) is 10.5. The highest BCUT2D eigenvalue weighted by atomic mass is 14.4. The lowest BCUT2D eigenvalue weighted by Gasteiger charge is -2.36. The summed E-state index contributed by atoms with van der Waals surface area (Å²) in [7, 11) is 0. The highest BCUT2D eigenvalue weighted by Gasteiger charge is 2.41. The summed E-state index contributed by atoms with van der Waals surface area (Å²) < 4.78 is 0. The summed E-state index contributed by atoms with van der Waals surface area (Å²) in [5, 5.41) is 0.